The smallest absolute Gasteiger partial charge is 0.0999 e. The minimum atomic E-state index is 0.866. The van der Waals surface area contributed by atoms with Crippen LogP contribution < -0.4 is 0 Å². The van der Waals surface area contributed by atoms with Crippen molar-refractivity contribution in [1.82, 2.24) is 4.98 Å². The summed E-state index contributed by atoms with van der Waals surface area (Å²) in [6, 6.07) is 22.9. The maximum Gasteiger partial charge on any atom is 0.0999 e. The number of hydrogen-bond acceptors (Lipinski definition) is 2. The van der Waals surface area contributed by atoms with Crippen LogP contribution in [0.5, 0.6) is 0 Å². The van der Waals surface area contributed by atoms with Crippen molar-refractivity contribution in [3.8, 4) is 0 Å². The molecule has 4 rings (SSSR count). The van der Waals surface area contributed by atoms with E-state index in [-0.39, 0.29) is 0 Å². The quantitative estimate of drug-likeness (QED) is 0.240. The molecule has 1 N–H and O–H groups in total. The minimum Gasteiger partial charge on any atom is -0.353 e. The molecule has 1 atom stereocenters. The zero-order valence-electron chi connectivity index (χ0n) is 20.5. The first-order valence-corrected chi connectivity index (χ1v) is 12.6. The second-order valence-corrected chi connectivity index (χ2v) is 9.69. The van der Waals surface area contributed by atoms with Crippen molar-refractivity contribution in [3.63, 3.8) is 0 Å². The lowest BCUT2D eigenvalue weighted by Gasteiger charge is -2.10. The SMILES string of the molecule is C=Nc1c(SCC)ccc2c1[nH]c1ccccc12.CCC(C)C(C)C.Cc1ccccc1. The molecule has 1 aromatic heterocycles. The summed E-state index contributed by atoms with van der Waals surface area (Å²) in [5, 5.41) is 2.46. The number of thioether (sulfide) groups is 1. The fraction of sp³-hybridized carbons (Fsp3) is 0.345. The highest BCUT2D eigenvalue weighted by Gasteiger charge is 2.11. The maximum atomic E-state index is 4.21. The molecule has 0 saturated carbocycles. The molecular formula is C29H38N2S. The standard InChI is InChI=1S/C15H14N2S.C7H8.C7H16/c1-3-18-13-9-8-11-10-6-4-5-7-12(10)17-14(11)15(13)16-2;1-7-5-3-2-4-6-7;1-5-7(4)6(2)3/h4-9,17H,2-3H2,1H3;2-6H,1H3;6-7H,5H2,1-4H3. The van der Waals surface area contributed by atoms with E-state index in [4.69, 9.17) is 0 Å². The first-order valence-electron chi connectivity index (χ1n) is 11.6. The molecule has 3 heteroatoms. The average Bonchev–Trinajstić information content (AvgIpc) is 3.18. The summed E-state index contributed by atoms with van der Waals surface area (Å²) < 4.78 is 0. The summed E-state index contributed by atoms with van der Waals surface area (Å²) in [6.45, 7) is 17.0. The third-order valence-corrected chi connectivity index (χ3v) is 6.73. The number of fused-ring (bicyclic) bond motifs is 3. The number of nitrogens with zero attached hydrogens (tertiary/aromatic N) is 1. The lowest BCUT2D eigenvalue weighted by atomic mass is 9.96. The van der Waals surface area contributed by atoms with E-state index in [0.717, 1.165) is 34.3 Å². The van der Waals surface area contributed by atoms with Crippen LogP contribution in [-0.4, -0.2) is 17.5 Å². The first-order chi connectivity index (χ1) is 15.4. The van der Waals surface area contributed by atoms with Crippen LogP contribution in [-0.2, 0) is 0 Å². The molecule has 4 aromatic rings. The Morgan fingerprint density at radius 3 is 2.03 bits per heavy atom. The van der Waals surface area contributed by atoms with Crippen LogP contribution in [0.1, 0.15) is 46.6 Å². The van der Waals surface area contributed by atoms with E-state index < -0.39 is 0 Å². The van der Waals surface area contributed by atoms with Crippen molar-refractivity contribution in [2.45, 2.75) is 52.9 Å². The van der Waals surface area contributed by atoms with Crippen molar-refractivity contribution in [2.24, 2.45) is 16.8 Å². The lowest BCUT2D eigenvalue weighted by Crippen LogP contribution is -2.00. The van der Waals surface area contributed by atoms with Gasteiger partial charge in [0.05, 0.1) is 11.2 Å². The molecule has 0 aliphatic carbocycles. The molecule has 1 unspecified atom stereocenters. The van der Waals surface area contributed by atoms with E-state index in [9.17, 15) is 0 Å². The van der Waals surface area contributed by atoms with Gasteiger partial charge in [-0.05, 0) is 43.4 Å². The van der Waals surface area contributed by atoms with Crippen molar-refractivity contribution >= 4 is 46.0 Å². The number of aliphatic imine (C=N–C) groups is 1. The summed E-state index contributed by atoms with van der Waals surface area (Å²) in [5.74, 6) is 2.80. The zero-order valence-corrected chi connectivity index (χ0v) is 21.3. The van der Waals surface area contributed by atoms with Gasteiger partial charge < -0.3 is 4.98 Å². The third-order valence-electron chi connectivity index (χ3n) is 5.80. The molecule has 0 aliphatic rings. The monoisotopic (exact) mass is 446 g/mol. The van der Waals surface area contributed by atoms with E-state index in [1.807, 2.05) is 24.3 Å². The van der Waals surface area contributed by atoms with Gasteiger partial charge in [-0.15, -0.1) is 11.8 Å². The highest BCUT2D eigenvalue weighted by Crippen LogP contribution is 2.38. The van der Waals surface area contributed by atoms with E-state index in [1.54, 1.807) is 11.8 Å². The second kappa shape index (κ2) is 13.1. The first kappa shape index (κ1) is 25.7. The minimum absolute atomic E-state index is 0.866. The lowest BCUT2D eigenvalue weighted by molar-refractivity contribution is 0.407. The Bertz CT molecular complexity index is 1100. The molecule has 0 saturated heterocycles. The summed E-state index contributed by atoms with van der Waals surface area (Å²) in [6.07, 6.45) is 1.32. The number of benzene rings is 3. The molecule has 1 heterocycles. The molecule has 0 spiro atoms. The van der Waals surface area contributed by atoms with E-state index in [1.165, 1.54) is 27.7 Å². The van der Waals surface area contributed by atoms with Crippen LogP contribution in [0.15, 0.2) is 76.6 Å². The van der Waals surface area contributed by atoms with Gasteiger partial charge in [0.15, 0.2) is 0 Å². The molecule has 2 nitrogen and oxygen atoms in total. The zero-order chi connectivity index (χ0) is 23.5. The summed E-state index contributed by atoms with van der Waals surface area (Å²) in [5.41, 5.74) is 4.53. The highest BCUT2D eigenvalue weighted by atomic mass is 32.2. The van der Waals surface area contributed by atoms with Gasteiger partial charge in [0.2, 0.25) is 0 Å². The number of aryl methyl sites for hydroxylation is 1. The van der Waals surface area contributed by atoms with Crippen LogP contribution in [0, 0.1) is 18.8 Å². The van der Waals surface area contributed by atoms with Crippen LogP contribution in [0.25, 0.3) is 21.8 Å². The summed E-state index contributed by atoms with van der Waals surface area (Å²) in [4.78, 5) is 8.85. The van der Waals surface area contributed by atoms with Gasteiger partial charge in [-0.3, -0.25) is 4.99 Å². The Balaban J connectivity index is 0.000000214. The number of H-pyrrole nitrogens is 1. The van der Waals surface area contributed by atoms with Crippen LogP contribution in [0.4, 0.5) is 5.69 Å². The second-order valence-electron chi connectivity index (χ2n) is 8.38. The number of rotatable bonds is 5. The van der Waals surface area contributed by atoms with Gasteiger partial charge in [0.25, 0.3) is 0 Å². The van der Waals surface area contributed by atoms with Gasteiger partial charge >= 0.3 is 0 Å². The fourth-order valence-corrected chi connectivity index (χ4v) is 4.10. The Hall–Kier alpha value is -2.52. The van der Waals surface area contributed by atoms with Gasteiger partial charge in [0, 0.05) is 21.2 Å². The molecule has 3 aromatic carbocycles. The van der Waals surface area contributed by atoms with Crippen molar-refractivity contribution in [3.05, 3.63) is 72.3 Å². The Kier molecular flexibility index (Phi) is 10.6. The van der Waals surface area contributed by atoms with Crippen LogP contribution in [0.2, 0.25) is 0 Å². The van der Waals surface area contributed by atoms with Gasteiger partial charge in [-0.1, -0.05) is 101 Å². The molecule has 0 radical (unpaired) electrons. The van der Waals surface area contributed by atoms with Gasteiger partial charge in [-0.25, -0.2) is 0 Å². The maximum absolute atomic E-state index is 4.21. The van der Waals surface area contributed by atoms with Crippen LogP contribution in [0.3, 0.4) is 0 Å². The van der Waals surface area contributed by atoms with E-state index >= 15 is 0 Å². The van der Waals surface area contributed by atoms with Gasteiger partial charge in [-0.2, -0.15) is 0 Å². The number of para-hydroxylation sites is 1. The summed E-state index contributed by atoms with van der Waals surface area (Å²) in [7, 11) is 0. The molecular weight excluding hydrogens is 408 g/mol. The Labute approximate surface area is 198 Å². The third kappa shape index (κ3) is 7.00. The number of nitrogens with one attached hydrogen (secondary N) is 1. The Morgan fingerprint density at radius 1 is 0.875 bits per heavy atom. The molecule has 32 heavy (non-hydrogen) atoms. The van der Waals surface area contributed by atoms with Crippen molar-refractivity contribution in [1.29, 1.82) is 0 Å². The number of aromatic nitrogens is 1. The number of aromatic amines is 1. The van der Waals surface area contributed by atoms with Crippen molar-refractivity contribution in [2.75, 3.05) is 5.75 Å². The van der Waals surface area contributed by atoms with E-state index in [2.05, 4.69) is 101 Å². The molecule has 0 amide bonds. The topological polar surface area (TPSA) is 28.1 Å². The number of hydrogen-bond donors (Lipinski definition) is 1. The van der Waals surface area contributed by atoms with Crippen molar-refractivity contribution < 1.29 is 0 Å². The molecule has 0 bridgehead atoms. The molecule has 170 valence electrons. The summed E-state index contributed by atoms with van der Waals surface area (Å²) >= 11 is 1.80. The molecule has 0 fully saturated rings. The fourth-order valence-electron chi connectivity index (χ4n) is 3.32. The normalized spacial score (nSPS) is 11.5. The van der Waals surface area contributed by atoms with Crippen LogP contribution >= 0.6 is 11.8 Å². The average molecular weight is 447 g/mol. The van der Waals surface area contributed by atoms with Gasteiger partial charge in [0.1, 0.15) is 0 Å². The predicted octanol–water partition coefficient (Wildman–Crippen LogP) is 9.45. The predicted molar refractivity (Wildman–Crippen MR) is 147 cm³/mol. The molecule has 0 aliphatic heterocycles. The largest absolute Gasteiger partial charge is 0.353 e. The Morgan fingerprint density at radius 2 is 1.53 bits per heavy atom. The highest BCUT2D eigenvalue weighted by molar-refractivity contribution is 7.99. The van der Waals surface area contributed by atoms with E-state index in [0.29, 0.717) is 0 Å².